The molecule has 4 nitrogen and oxygen atoms in total. The first kappa shape index (κ1) is 36.3. The Bertz CT molecular complexity index is 3730. The van der Waals surface area contributed by atoms with Crippen molar-refractivity contribution in [1.29, 1.82) is 0 Å². The van der Waals surface area contributed by atoms with E-state index in [0.29, 0.717) is 0 Å². The van der Waals surface area contributed by atoms with E-state index in [0.717, 1.165) is 34.0 Å². The number of aromatic nitrogens is 2. The van der Waals surface area contributed by atoms with Crippen molar-refractivity contribution in [3.8, 4) is 45.1 Å². The summed E-state index contributed by atoms with van der Waals surface area (Å²) in [6.07, 6.45) is 0. The molecule has 0 N–H and O–H groups in total. The van der Waals surface area contributed by atoms with E-state index in [1.165, 1.54) is 97.8 Å². The van der Waals surface area contributed by atoms with Crippen LogP contribution >= 0.6 is 0 Å². The molecule has 0 radical (unpaired) electrons. The maximum absolute atomic E-state index is 5.63. The smallest absolute Gasteiger partial charge is 0.118 e. The van der Waals surface area contributed by atoms with E-state index in [2.05, 4.69) is 215 Å². The molecule has 0 aliphatic rings. The molecule has 0 spiro atoms. The Morgan fingerprint density at radius 2 is 0.672 bits per heavy atom. The molecular formula is C60H40N2O2. The van der Waals surface area contributed by atoms with Crippen LogP contribution in [0.2, 0.25) is 0 Å². The Hall–Kier alpha value is -8.34. The number of hydrogen-bond donors (Lipinski definition) is 0. The summed E-state index contributed by atoms with van der Waals surface area (Å²) in [4.78, 5) is 0. The van der Waals surface area contributed by atoms with Crippen LogP contribution in [0.1, 0.15) is 0 Å². The second-order valence-corrected chi connectivity index (χ2v) is 16.8. The van der Waals surface area contributed by atoms with Crippen LogP contribution in [0.25, 0.3) is 120 Å². The van der Waals surface area contributed by atoms with Crippen LogP contribution in [0.15, 0.2) is 206 Å². The molecule has 0 saturated heterocycles. The molecule has 13 rings (SSSR count). The summed E-state index contributed by atoms with van der Waals surface area (Å²) in [5, 5.41) is 14.6. The molecule has 0 saturated carbocycles. The van der Waals surface area contributed by atoms with Gasteiger partial charge in [-0.15, -0.1) is 0 Å². The van der Waals surface area contributed by atoms with Crippen LogP contribution < -0.4 is 9.47 Å². The summed E-state index contributed by atoms with van der Waals surface area (Å²) in [6, 6.07) is 75.5. The van der Waals surface area contributed by atoms with E-state index in [-0.39, 0.29) is 0 Å². The highest BCUT2D eigenvalue weighted by Crippen LogP contribution is 2.46. The zero-order valence-electron chi connectivity index (χ0n) is 35.3. The van der Waals surface area contributed by atoms with Crippen LogP contribution in [0, 0.1) is 0 Å². The van der Waals surface area contributed by atoms with Gasteiger partial charge in [0.1, 0.15) is 11.5 Å². The largest absolute Gasteiger partial charge is 0.497 e. The molecule has 64 heavy (non-hydrogen) atoms. The molecular weight excluding hydrogens is 781 g/mol. The molecule has 4 heteroatoms. The summed E-state index contributed by atoms with van der Waals surface area (Å²) in [7, 11) is 3.45. The topological polar surface area (TPSA) is 28.3 Å². The molecule has 302 valence electrons. The first-order valence-corrected chi connectivity index (χ1v) is 21.8. The summed E-state index contributed by atoms with van der Waals surface area (Å²) in [6.45, 7) is 0. The highest BCUT2D eigenvalue weighted by Gasteiger charge is 2.20. The standard InChI is InChI=1S/C60H40N2O2/c1-63-43-25-21-37(22-26-43)47-29-39-31-50-40(32-49(39)51-33-55-45-17-9-11-19-57(45)61(59(55)35-53(47)51)41-13-5-3-6-14-41)30-48(38-23-27-44(64-2)28-24-38)54-36-60-56(34-52(50)54)46-18-10-12-20-58(46)62(60)42-15-7-4-8-16-42/h3-36H,1-2H3. The lowest BCUT2D eigenvalue weighted by Crippen LogP contribution is -1.94. The molecule has 0 amide bonds. The first-order valence-electron chi connectivity index (χ1n) is 21.8. The average molecular weight is 821 g/mol. The lowest BCUT2D eigenvalue weighted by atomic mass is 9.88. The molecule has 0 unspecified atom stereocenters. The number of hydrogen-bond acceptors (Lipinski definition) is 2. The van der Waals surface area contributed by atoms with Crippen molar-refractivity contribution < 1.29 is 9.47 Å². The van der Waals surface area contributed by atoms with Crippen LogP contribution in [0.4, 0.5) is 0 Å². The van der Waals surface area contributed by atoms with E-state index in [4.69, 9.17) is 9.47 Å². The van der Waals surface area contributed by atoms with Crippen LogP contribution in [0.3, 0.4) is 0 Å². The minimum atomic E-state index is 0.838. The van der Waals surface area contributed by atoms with Gasteiger partial charge in [0.15, 0.2) is 0 Å². The number of ether oxygens (including phenoxy) is 2. The Kier molecular flexibility index (Phi) is 8.00. The van der Waals surface area contributed by atoms with Crippen LogP contribution in [0.5, 0.6) is 11.5 Å². The third-order valence-corrected chi connectivity index (χ3v) is 13.4. The Labute approximate surface area is 369 Å². The number of rotatable bonds is 6. The second-order valence-electron chi connectivity index (χ2n) is 16.8. The van der Waals surface area contributed by atoms with E-state index in [1.54, 1.807) is 14.2 Å². The molecule has 2 aromatic heterocycles. The molecule has 13 aromatic rings. The number of nitrogens with zero attached hydrogens (tertiary/aromatic N) is 2. The fraction of sp³-hybridized carbons (Fsp3) is 0.0333. The first-order chi connectivity index (χ1) is 31.6. The third kappa shape index (κ3) is 5.42. The van der Waals surface area contributed by atoms with E-state index < -0.39 is 0 Å². The SMILES string of the molecule is COc1ccc(-c2cc3cc4c(cc(-c5ccc(OC)cc5)c5cc6c(cc54)c4ccccc4n6-c4ccccc4)cc3c3cc4c5ccccc5n(-c5ccccc5)c4cc23)cc1. The summed E-state index contributed by atoms with van der Waals surface area (Å²) < 4.78 is 16.1. The summed E-state index contributed by atoms with van der Waals surface area (Å²) >= 11 is 0. The zero-order valence-corrected chi connectivity index (χ0v) is 35.3. The number of methoxy groups -OCH3 is 2. The van der Waals surface area contributed by atoms with Crippen molar-refractivity contribution >= 4 is 86.7 Å². The van der Waals surface area contributed by atoms with Gasteiger partial charge in [0.2, 0.25) is 0 Å². The monoisotopic (exact) mass is 820 g/mol. The molecule has 2 heterocycles. The van der Waals surface area contributed by atoms with Gasteiger partial charge in [-0.1, -0.05) is 97.1 Å². The van der Waals surface area contributed by atoms with E-state index in [9.17, 15) is 0 Å². The Balaban J connectivity index is 1.18. The van der Waals surface area contributed by atoms with Gasteiger partial charge in [-0.2, -0.15) is 0 Å². The van der Waals surface area contributed by atoms with E-state index in [1.807, 2.05) is 0 Å². The Morgan fingerprint density at radius 1 is 0.281 bits per heavy atom. The summed E-state index contributed by atoms with van der Waals surface area (Å²) in [5.74, 6) is 1.68. The highest BCUT2D eigenvalue weighted by atomic mass is 16.5. The van der Waals surface area contributed by atoms with Gasteiger partial charge in [0.05, 0.1) is 36.3 Å². The van der Waals surface area contributed by atoms with Gasteiger partial charge in [0.25, 0.3) is 0 Å². The number of benzene rings is 11. The van der Waals surface area contributed by atoms with Crippen molar-refractivity contribution in [1.82, 2.24) is 9.13 Å². The van der Waals surface area contributed by atoms with Crippen molar-refractivity contribution in [2.75, 3.05) is 14.2 Å². The van der Waals surface area contributed by atoms with Crippen LogP contribution in [-0.4, -0.2) is 23.4 Å². The molecule has 0 aliphatic heterocycles. The lowest BCUT2D eigenvalue weighted by molar-refractivity contribution is 0.415. The van der Waals surface area contributed by atoms with Gasteiger partial charge in [0, 0.05) is 32.9 Å². The second kappa shape index (κ2) is 14.1. The predicted octanol–water partition coefficient (Wildman–Crippen LogP) is 15.8. The zero-order chi connectivity index (χ0) is 42.5. The van der Waals surface area contributed by atoms with Crippen molar-refractivity contribution in [3.63, 3.8) is 0 Å². The normalized spacial score (nSPS) is 11.9. The van der Waals surface area contributed by atoms with Gasteiger partial charge in [-0.25, -0.2) is 0 Å². The predicted molar refractivity (Wildman–Crippen MR) is 269 cm³/mol. The lowest BCUT2D eigenvalue weighted by Gasteiger charge is -2.17. The van der Waals surface area contributed by atoms with Gasteiger partial charge in [-0.3, -0.25) is 0 Å². The number of para-hydroxylation sites is 4. The van der Waals surface area contributed by atoms with Crippen molar-refractivity contribution in [2.45, 2.75) is 0 Å². The third-order valence-electron chi connectivity index (χ3n) is 13.4. The maximum Gasteiger partial charge on any atom is 0.118 e. The minimum Gasteiger partial charge on any atom is -0.497 e. The molecule has 0 aliphatic carbocycles. The molecule has 0 bridgehead atoms. The van der Waals surface area contributed by atoms with Crippen molar-refractivity contribution in [2.24, 2.45) is 0 Å². The Morgan fingerprint density at radius 3 is 1.08 bits per heavy atom. The number of fused-ring (bicyclic) bond motifs is 12. The quantitative estimate of drug-likeness (QED) is 0.123. The van der Waals surface area contributed by atoms with E-state index >= 15 is 0 Å². The fourth-order valence-corrected chi connectivity index (χ4v) is 10.5. The fourth-order valence-electron chi connectivity index (χ4n) is 10.5. The van der Waals surface area contributed by atoms with Gasteiger partial charge in [-0.05, 0) is 175 Å². The van der Waals surface area contributed by atoms with Crippen LogP contribution in [-0.2, 0) is 0 Å². The average Bonchev–Trinajstić information content (AvgIpc) is 3.86. The van der Waals surface area contributed by atoms with Crippen molar-refractivity contribution in [3.05, 3.63) is 206 Å². The molecule has 0 atom stereocenters. The van der Waals surface area contributed by atoms with Gasteiger partial charge >= 0.3 is 0 Å². The highest BCUT2D eigenvalue weighted by molar-refractivity contribution is 6.27. The maximum atomic E-state index is 5.63. The summed E-state index contributed by atoms with van der Waals surface area (Å²) in [5.41, 5.74) is 11.7. The van der Waals surface area contributed by atoms with Gasteiger partial charge < -0.3 is 18.6 Å². The molecule has 0 fully saturated rings. The molecule has 11 aromatic carbocycles. The minimum absolute atomic E-state index is 0.838.